The number of aromatic nitrogens is 1. The third-order valence-electron chi connectivity index (χ3n) is 2.71. The van der Waals surface area contributed by atoms with Crippen molar-refractivity contribution in [2.45, 2.75) is 40.5 Å². The maximum absolute atomic E-state index is 5.59. The molecule has 1 unspecified atom stereocenters. The first-order chi connectivity index (χ1) is 5.84. The Morgan fingerprint density at radius 3 is 2.23 bits per heavy atom. The zero-order valence-electron chi connectivity index (χ0n) is 9.01. The molecule has 3 heteroatoms. The molecule has 1 heterocycles. The van der Waals surface area contributed by atoms with Crippen LogP contribution in [0.2, 0.25) is 0 Å². The smallest absolute Gasteiger partial charge is 0.225 e. The molecule has 0 amide bonds. The summed E-state index contributed by atoms with van der Waals surface area (Å²) >= 11 is 0. The summed E-state index contributed by atoms with van der Waals surface area (Å²) in [4.78, 5) is 0. The molecule has 3 nitrogen and oxygen atoms in total. The SMILES string of the molecule is Cc1c(C(C)C(C)(C)C)noc1N. The summed E-state index contributed by atoms with van der Waals surface area (Å²) in [5.41, 5.74) is 7.73. The summed E-state index contributed by atoms with van der Waals surface area (Å²) in [5.74, 6) is 0.791. The van der Waals surface area contributed by atoms with Crippen LogP contribution < -0.4 is 5.73 Å². The first kappa shape index (κ1) is 10.1. The fraction of sp³-hybridized carbons (Fsp3) is 0.700. The van der Waals surface area contributed by atoms with Gasteiger partial charge in [-0.15, -0.1) is 0 Å². The van der Waals surface area contributed by atoms with Crippen LogP contribution in [0.5, 0.6) is 0 Å². The number of nitrogen functional groups attached to an aromatic ring is 1. The molecule has 1 aromatic heterocycles. The maximum atomic E-state index is 5.59. The largest absolute Gasteiger partial charge is 0.367 e. The lowest BCUT2D eigenvalue weighted by molar-refractivity contribution is 0.317. The van der Waals surface area contributed by atoms with Crippen molar-refractivity contribution in [1.29, 1.82) is 0 Å². The number of hydrogen-bond donors (Lipinski definition) is 1. The molecule has 13 heavy (non-hydrogen) atoms. The quantitative estimate of drug-likeness (QED) is 0.726. The van der Waals surface area contributed by atoms with Crippen LogP contribution in [0.3, 0.4) is 0 Å². The molecule has 1 rings (SSSR count). The van der Waals surface area contributed by atoms with Gasteiger partial charge in [-0.3, -0.25) is 0 Å². The van der Waals surface area contributed by atoms with Crippen molar-refractivity contribution >= 4 is 5.88 Å². The number of anilines is 1. The van der Waals surface area contributed by atoms with E-state index in [1.807, 2.05) is 6.92 Å². The van der Waals surface area contributed by atoms with E-state index in [2.05, 4.69) is 32.9 Å². The van der Waals surface area contributed by atoms with Crippen molar-refractivity contribution in [3.8, 4) is 0 Å². The van der Waals surface area contributed by atoms with Crippen LogP contribution in [0.1, 0.15) is 44.9 Å². The van der Waals surface area contributed by atoms with Gasteiger partial charge >= 0.3 is 0 Å². The molecule has 0 fully saturated rings. The molecular weight excluding hydrogens is 164 g/mol. The molecular formula is C10H18N2O. The van der Waals surface area contributed by atoms with E-state index in [1.54, 1.807) is 0 Å². The zero-order chi connectivity index (χ0) is 10.2. The van der Waals surface area contributed by atoms with E-state index in [0.717, 1.165) is 11.3 Å². The highest BCUT2D eigenvalue weighted by atomic mass is 16.5. The van der Waals surface area contributed by atoms with Gasteiger partial charge in [-0.2, -0.15) is 0 Å². The monoisotopic (exact) mass is 182 g/mol. The number of rotatable bonds is 1. The van der Waals surface area contributed by atoms with Gasteiger partial charge in [-0.05, 0) is 12.3 Å². The van der Waals surface area contributed by atoms with Gasteiger partial charge in [0, 0.05) is 11.5 Å². The maximum Gasteiger partial charge on any atom is 0.225 e. The van der Waals surface area contributed by atoms with Crippen LogP contribution in [0.25, 0.3) is 0 Å². The van der Waals surface area contributed by atoms with Gasteiger partial charge in [0.15, 0.2) is 0 Å². The highest BCUT2D eigenvalue weighted by molar-refractivity contribution is 5.39. The molecule has 1 aromatic rings. The van der Waals surface area contributed by atoms with E-state index in [9.17, 15) is 0 Å². The molecule has 74 valence electrons. The standard InChI is InChI=1S/C10H18N2O/c1-6-8(12-13-9(6)11)7(2)10(3,4)5/h7H,11H2,1-5H3. The van der Waals surface area contributed by atoms with E-state index in [1.165, 1.54) is 0 Å². The Hall–Kier alpha value is -0.990. The van der Waals surface area contributed by atoms with E-state index in [4.69, 9.17) is 10.3 Å². The highest BCUT2D eigenvalue weighted by Gasteiger charge is 2.26. The normalized spacial score (nSPS) is 14.5. The summed E-state index contributed by atoms with van der Waals surface area (Å²) in [6.07, 6.45) is 0. The predicted octanol–water partition coefficient (Wildman–Crippen LogP) is 2.71. The molecule has 0 saturated heterocycles. The van der Waals surface area contributed by atoms with E-state index in [-0.39, 0.29) is 5.41 Å². The molecule has 2 N–H and O–H groups in total. The Balaban J connectivity index is 3.02. The fourth-order valence-electron chi connectivity index (χ4n) is 1.18. The number of hydrogen-bond acceptors (Lipinski definition) is 3. The first-order valence-electron chi connectivity index (χ1n) is 4.55. The molecule has 0 radical (unpaired) electrons. The average Bonchev–Trinajstić information content (AvgIpc) is 2.30. The van der Waals surface area contributed by atoms with Crippen LogP contribution in [0, 0.1) is 12.3 Å². The van der Waals surface area contributed by atoms with Gasteiger partial charge in [-0.1, -0.05) is 32.9 Å². The van der Waals surface area contributed by atoms with Gasteiger partial charge in [0.25, 0.3) is 0 Å². The predicted molar refractivity (Wildman–Crippen MR) is 53.5 cm³/mol. The second-order valence-electron chi connectivity index (χ2n) is 4.64. The minimum absolute atomic E-state index is 0.189. The summed E-state index contributed by atoms with van der Waals surface area (Å²) in [7, 11) is 0. The van der Waals surface area contributed by atoms with Crippen LogP contribution in [0.4, 0.5) is 5.88 Å². The zero-order valence-corrected chi connectivity index (χ0v) is 9.01. The van der Waals surface area contributed by atoms with Gasteiger partial charge in [-0.25, -0.2) is 0 Å². The molecule has 0 aliphatic heterocycles. The molecule has 1 atom stereocenters. The second kappa shape index (κ2) is 3.05. The lowest BCUT2D eigenvalue weighted by Gasteiger charge is -2.25. The summed E-state index contributed by atoms with van der Waals surface area (Å²) in [6, 6.07) is 0. The Bertz CT molecular complexity index is 296. The van der Waals surface area contributed by atoms with Gasteiger partial charge in [0.2, 0.25) is 5.88 Å². The van der Waals surface area contributed by atoms with E-state index in [0.29, 0.717) is 11.8 Å². The van der Waals surface area contributed by atoms with Gasteiger partial charge in [0.05, 0.1) is 5.69 Å². The van der Waals surface area contributed by atoms with Crippen LogP contribution in [-0.4, -0.2) is 5.16 Å². The number of nitrogens with two attached hydrogens (primary N) is 1. The van der Waals surface area contributed by atoms with Crippen molar-refractivity contribution in [3.05, 3.63) is 11.3 Å². The van der Waals surface area contributed by atoms with Gasteiger partial charge in [0.1, 0.15) is 0 Å². The topological polar surface area (TPSA) is 52.0 Å². The summed E-state index contributed by atoms with van der Waals surface area (Å²) < 4.78 is 4.94. The van der Waals surface area contributed by atoms with E-state index >= 15 is 0 Å². The molecule has 0 aromatic carbocycles. The summed E-state index contributed by atoms with van der Waals surface area (Å²) in [6.45, 7) is 10.6. The minimum Gasteiger partial charge on any atom is -0.367 e. The van der Waals surface area contributed by atoms with E-state index < -0.39 is 0 Å². The second-order valence-corrected chi connectivity index (χ2v) is 4.64. The molecule has 0 aliphatic rings. The van der Waals surface area contributed by atoms with Crippen LogP contribution in [-0.2, 0) is 0 Å². The van der Waals surface area contributed by atoms with Gasteiger partial charge < -0.3 is 10.3 Å². The highest BCUT2D eigenvalue weighted by Crippen LogP contribution is 2.36. The molecule has 0 saturated carbocycles. The van der Waals surface area contributed by atoms with Crippen molar-refractivity contribution in [3.63, 3.8) is 0 Å². The number of nitrogens with zero attached hydrogens (tertiary/aromatic N) is 1. The fourth-order valence-corrected chi connectivity index (χ4v) is 1.18. The van der Waals surface area contributed by atoms with Crippen molar-refractivity contribution in [2.75, 3.05) is 5.73 Å². The average molecular weight is 182 g/mol. The first-order valence-corrected chi connectivity index (χ1v) is 4.55. The minimum atomic E-state index is 0.189. The summed E-state index contributed by atoms with van der Waals surface area (Å²) in [5, 5.41) is 3.98. The van der Waals surface area contributed by atoms with Crippen molar-refractivity contribution in [1.82, 2.24) is 5.16 Å². The Labute approximate surface area is 79.3 Å². The third-order valence-corrected chi connectivity index (χ3v) is 2.71. The Morgan fingerprint density at radius 1 is 1.38 bits per heavy atom. The lowest BCUT2D eigenvalue weighted by Crippen LogP contribution is -2.16. The Kier molecular flexibility index (Phi) is 2.37. The third kappa shape index (κ3) is 1.85. The molecule has 0 aliphatic carbocycles. The molecule has 0 bridgehead atoms. The molecule has 0 spiro atoms. The lowest BCUT2D eigenvalue weighted by atomic mass is 9.79. The van der Waals surface area contributed by atoms with Crippen LogP contribution >= 0.6 is 0 Å². The van der Waals surface area contributed by atoms with Crippen LogP contribution in [0.15, 0.2) is 4.52 Å². The van der Waals surface area contributed by atoms with Crippen molar-refractivity contribution < 1.29 is 4.52 Å². The van der Waals surface area contributed by atoms with Crippen molar-refractivity contribution in [2.24, 2.45) is 5.41 Å². The Morgan fingerprint density at radius 2 is 1.92 bits per heavy atom.